The fourth-order valence-corrected chi connectivity index (χ4v) is 4.33. The molecule has 2 aromatic carbocycles. The van der Waals surface area contributed by atoms with Crippen molar-refractivity contribution in [3.8, 4) is 0 Å². The minimum atomic E-state index is -3.65. The van der Waals surface area contributed by atoms with Gasteiger partial charge in [-0.3, -0.25) is 0 Å². The van der Waals surface area contributed by atoms with Gasteiger partial charge in [0, 0.05) is 29.7 Å². The van der Waals surface area contributed by atoms with Gasteiger partial charge in [-0.1, -0.05) is 54.4 Å². The normalized spacial score (nSPS) is 13.3. The summed E-state index contributed by atoms with van der Waals surface area (Å²) in [7, 11) is -3.65. The van der Waals surface area contributed by atoms with Crippen molar-refractivity contribution < 1.29 is 13.5 Å². The first-order valence-electron chi connectivity index (χ1n) is 9.11. The predicted octanol–water partition coefficient (Wildman–Crippen LogP) is 5.11. The standard InChI is InChI=1S/C21H25Cl2NO3S/c1-17(13-16-25)12-15-24(14-2-3-18-4-6-19(22)7-5-18)28(26,27)21-10-8-20(23)9-11-21/h2-11,17,25H,12-16H2,1H3. The first-order valence-corrected chi connectivity index (χ1v) is 11.3. The minimum Gasteiger partial charge on any atom is -0.396 e. The van der Waals surface area contributed by atoms with Crippen molar-refractivity contribution in [2.24, 2.45) is 5.92 Å². The zero-order valence-electron chi connectivity index (χ0n) is 15.8. The molecule has 1 N–H and O–H groups in total. The molecule has 1 unspecified atom stereocenters. The summed E-state index contributed by atoms with van der Waals surface area (Å²) in [6, 6.07) is 13.5. The molecule has 0 aliphatic carbocycles. The number of nitrogens with zero attached hydrogens (tertiary/aromatic N) is 1. The zero-order chi connectivity index (χ0) is 20.6. The lowest BCUT2D eigenvalue weighted by molar-refractivity contribution is 0.253. The summed E-state index contributed by atoms with van der Waals surface area (Å²) in [6.45, 7) is 2.73. The Bertz CT molecular complexity index is 866. The summed E-state index contributed by atoms with van der Waals surface area (Å²) < 4.78 is 27.6. The molecule has 152 valence electrons. The van der Waals surface area contributed by atoms with E-state index in [-0.39, 0.29) is 24.0 Å². The van der Waals surface area contributed by atoms with Crippen LogP contribution in [0.3, 0.4) is 0 Å². The molecule has 7 heteroatoms. The molecule has 0 spiro atoms. The van der Waals surface area contributed by atoms with Crippen LogP contribution in [0, 0.1) is 5.92 Å². The summed E-state index contributed by atoms with van der Waals surface area (Å²) in [5.74, 6) is 0.230. The van der Waals surface area contributed by atoms with Gasteiger partial charge in [0.2, 0.25) is 10.0 Å². The Balaban J connectivity index is 2.17. The summed E-state index contributed by atoms with van der Waals surface area (Å²) in [6.07, 6.45) is 5.02. The Hall–Kier alpha value is -1.37. The quantitative estimate of drug-likeness (QED) is 0.557. The van der Waals surface area contributed by atoms with Crippen molar-refractivity contribution in [3.05, 3.63) is 70.2 Å². The van der Waals surface area contributed by atoms with Crippen LogP contribution >= 0.6 is 23.2 Å². The average molecular weight is 442 g/mol. The van der Waals surface area contributed by atoms with Crippen molar-refractivity contribution >= 4 is 39.3 Å². The third-order valence-electron chi connectivity index (χ3n) is 4.43. The van der Waals surface area contributed by atoms with Gasteiger partial charge in [-0.25, -0.2) is 8.42 Å². The van der Waals surface area contributed by atoms with Crippen molar-refractivity contribution in [2.75, 3.05) is 19.7 Å². The monoisotopic (exact) mass is 441 g/mol. The lowest BCUT2D eigenvalue weighted by Crippen LogP contribution is -2.33. The van der Waals surface area contributed by atoms with Gasteiger partial charge in [0.15, 0.2) is 0 Å². The average Bonchev–Trinajstić information content (AvgIpc) is 2.66. The van der Waals surface area contributed by atoms with Crippen LogP contribution < -0.4 is 0 Å². The predicted molar refractivity (Wildman–Crippen MR) is 116 cm³/mol. The number of rotatable bonds is 10. The van der Waals surface area contributed by atoms with Gasteiger partial charge in [-0.2, -0.15) is 4.31 Å². The van der Waals surface area contributed by atoms with Crippen molar-refractivity contribution in [3.63, 3.8) is 0 Å². The van der Waals surface area contributed by atoms with Crippen LogP contribution in [0.25, 0.3) is 6.08 Å². The third-order valence-corrected chi connectivity index (χ3v) is 6.82. The number of halogens is 2. The summed E-state index contributed by atoms with van der Waals surface area (Å²) in [5, 5.41) is 10.2. The smallest absolute Gasteiger partial charge is 0.243 e. The summed E-state index contributed by atoms with van der Waals surface area (Å²) in [5.41, 5.74) is 0.946. The van der Waals surface area contributed by atoms with Crippen molar-refractivity contribution in [2.45, 2.75) is 24.7 Å². The molecule has 0 heterocycles. The van der Waals surface area contributed by atoms with Crippen LogP contribution in [0.1, 0.15) is 25.3 Å². The summed E-state index contributed by atoms with van der Waals surface area (Å²) in [4.78, 5) is 0.214. The maximum absolute atomic E-state index is 13.1. The topological polar surface area (TPSA) is 57.6 Å². The number of hydrogen-bond donors (Lipinski definition) is 1. The first kappa shape index (κ1) is 22.9. The van der Waals surface area contributed by atoms with E-state index in [2.05, 4.69) is 0 Å². The second-order valence-corrected chi connectivity index (χ2v) is 9.49. The molecule has 0 saturated heterocycles. The van der Waals surface area contributed by atoms with Crippen LogP contribution in [-0.4, -0.2) is 37.5 Å². The molecule has 0 radical (unpaired) electrons. The molecular formula is C21H25Cl2NO3S. The molecule has 0 aliphatic heterocycles. The molecule has 2 rings (SSSR count). The van der Waals surface area contributed by atoms with E-state index in [1.165, 1.54) is 16.4 Å². The molecular weight excluding hydrogens is 417 g/mol. The maximum atomic E-state index is 13.1. The highest BCUT2D eigenvalue weighted by atomic mass is 35.5. The Morgan fingerprint density at radius 3 is 2.14 bits per heavy atom. The molecule has 0 aliphatic rings. The van der Waals surface area contributed by atoms with E-state index in [1.807, 2.05) is 31.2 Å². The molecule has 28 heavy (non-hydrogen) atoms. The lowest BCUT2D eigenvalue weighted by Gasteiger charge is -2.22. The molecule has 0 aromatic heterocycles. The molecule has 0 saturated carbocycles. The van der Waals surface area contributed by atoms with E-state index < -0.39 is 10.0 Å². The van der Waals surface area contributed by atoms with Gasteiger partial charge in [0.05, 0.1) is 4.90 Å². The highest BCUT2D eigenvalue weighted by Crippen LogP contribution is 2.20. The summed E-state index contributed by atoms with van der Waals surface area (Å²) >= 11 is 11.8. The molecule has 4 nitrogen and oxygen atoms in total. The number of hydrogen-bond acceptors (Lipinski definition) is 3. The number of sulfonamides is 1. The maximum Gasteiger partial charge on any atom is 0.243 e. The first-order chi connectivity index (χ1) is 13.3. The largest absolute Gasteiger partial charge is 0.396 e. The highest BCUT2D eigenvalue weighted by molar-refractivity contribution is 7.89. The second kappa shape index (κ2) is 11.0. The van der Waals surface area contributed by atoms with Gasteiger partial charge >= 0.3 is 0 Å². The number of benzene rings is 2. The van der Waals surface area contributed by atoms with Gasteiger partial charge in [0.25, 0.3) is 0 Å². The SMILES string of the molecule is CC(CCO)CCN(CC=Cc1ccc(Cl)cc1)S(=O)(=O)c1ccc(Cl)cc1. The number of aliphatic hydroxyl groups is 1. The van der Waals surface area contributed by atoms with Crippen molar-refractivity contribution in [1.29, 1.82) is 0 Å². The molecule has 2 aromatic rings. The van der Waals surface area contributed by atoms with Crippen LogP contribution in [0.2, 0.25) is 10.0 Å². The van der Waals surface area contributed by atoms with E-state index >= 15 is 0 Å². The van der Waals surface area contributed by atoms with Crippen LogP contribution in [0.4, 0.5) is 0 Å². The van der Waals surface area contributed by atoms with Crippen LogP contribution in [-0.2, 0) is 10.0 Å². The van der Waals surface area contributed by atoms with E-state index in [0.29, 0.717) is 29.4 Å². The molecule has 1 atom stereocenters. The van der Waals surface area contributed by atoms with E-state index in [9.17, 15) is 8.42 Å². The minimum absolute atomic E-state index is 0.0988. The fraction of sp³-hybridized carbons (Fsp3) is 0.333. The Labute approximate surface area is 177 Å². The van der Waals surface area contributed by atoms with Crippen molar-refractivity contribution in [1.82, 2.24) is 4.31 Å². The van der Waals surface area contributed by atoms with Gasteiger partial charge in [-0.15, -0.1) is 0 Å². The molecule has 0 bridgehead atoms. The Morgan fingerprint density at radius 2 is 1.57 bits per heavy atom. The van der Waals surface area contributed by atoms with E-state index in [0.717, 1.165) is 5.56 Å². The van der Waals surface area contributed by atoms with Gasteiger partial charge in [-0.05, 0) is 60.7 Å². The second-order valence-electron chi connectivity index (χ2n) is 6.68. The Kier molecular flexibility index (Phi) is 8.99. The van der Waals surface area contributed by atoms with Gasteiger partial charge in [0.1, 0.15) is 0 Å². The molecule has 0 fully saturated rings. The van der Waals surface area contributed by atoms with Crippen LogP contribution in [0.15, 0.2) is 59.5 Å². The Morgan fingerprint density at radius 1 is 1.00 bits per heavy atom. The zero-order valence-corrected chi connectivity index (χ0v) is 18.1. The number of aliphatic hydroxyl groups excluding tert-OH is 1. The van der Waals surface area contributed by atoms with Gasteiger partial charge < -0.3 is 5.11 Å². The van der Waals surface area contributed by atoms with Crippen LogP contribution in [0.5, 0.6) is 0 Å². The third kappa shape index (κ3) is 6.90. The molecule has 0 amide bonds. The van der Waals surface area contributed by atoms with E-state index in [4.69, 9.17) is 28.3 Å². The lowest BCUT2D eigenvalue weighted by atomic mass is 10.1. The fourth-order valence-electron chi connectivity index (χ4n) is 2.67. The highest BCUT2D eigenvalue weighted by Gasteiger charge is 2.23. The van der Waals surface area contributed by atoms with E-state index in [1.54, 1.807) is 24.3 Å².